The predicted octanol–water partition coefficient (Wildman–Crippen LogP) is 4.07. The highest BCUT2D eigenvalue weighted by atomic mass is 32.2. The fraction of sp³-hybridized carbons (Fsp3) is 0.409. The van der Waals surface area contributed by atoms with Gasteiger partial charge >= 0.3 is 5.97 Å². The van der Waals surface area contributed by atoms with Crippen LogP contribution < -0.4 is 14.8 Å². The van der Waals surface area contributed by atoms with Gasteiger partial charge in [-0.1, -0.05) is 23.8 Å². The fourth-order valence-corrected chi connectivity index (χ4v) is 3.61. The largest absolute Gasteiger partial charge is 0.453 e. The number of aryl methyl sites for hydroxylation is 1. The Morgan fingerprint density at radius 3 is 2.27 bits per heavy atom. The Labute approximate surface area is 178 Å². The van der Waals surface area contributed by atoms with Crippen LogP contribution in [0.3, 0.4) is 0 Å². The van der Waals surface area contributed by atoms with Crippen LogP contribution in [-0.2, 0) is 14.9 Å². The smallest absolute Gasteiger partial charge is 0.308 e. The zero-order valence-corrected chi connectivity index (χ0v) is 18.7. The minimum Gasteiger partial charge on any atom is -0.453 e. The summed E-state index contributed by atoms with van der Waals surface area (Å²) < 4.78 is 43.7. The number of benzene rings is 2. The second-order valence-corrected chi connectivity index (χ2v) is 9.79. The molecule has 164 valence electrons. The second kappa shape index (κ2) is 9.59. The van der Waals surface area contributed by atoms with Crippen LogP contribution in [-0.4, -0.2) is 36.8 Å². The molecule has 1 unspecified atom stereocenters. The molecule has 0 spiro atoms. The molecule has 0 aromatic heterocycles. The van der Waals surface area contributed by atoms with E-state index in [1.54, 1.807) is 30.3 Å². The minimum atomic E-state index is -4.22. The molecule has 0 saturated carbocycles. The molecule has 1 atom stereocenters. The first kappa shape index (κ1) is 23.9. The van der Waals surface area contributed by atoms with Gasteiger partial charge in [0.2, 0.25) is 0 Å². The van der Waals surface area contributed by atoms with E-state index in [4.69, 9.17) is 9.47 Å². The van der Waals surface area contributed by atoms with Gasteiger partial charge in [-0.2, -0.15) is 8.42 Å². The van der Waals surface area contributed by atoms with Crippen LogP contribution in [0.4, 0.5) is 0 Å². The summed E-state index contributed by atoms with van der Waals surface area (Å²) in [6, 6.07) is 12.3. The maximum Gasteiger partial charge on any atom is 0.308 e. The standard InChI is InChI=1S/C22H29NO6S/c1-15-6-9-19(10-7-15)29-20-11-8-17(12-21(20)28-16(2)24)18(14-30(25,26)27)13-23-22(3,4)5/h6-12,18,23H,13-14H2,1-5H3,(H,25,26,27). The van der Waals surface area contributed by atoms with Crippen molar-refractivity contribution in [2.24, 2.45) is 0 Å². The number of carbonyl (C=O) groups is 1. The molecule has 0 bridgehead atoms. The summed E-state index contributed by atoms with van der Waals surface area (Å²) in [5.41, 5.74) is 1.43. The highest BCUT2D eigenvalue weighted by Gasteiger charge is 2.23. The molecule has 30 heavy (non-hydrogen) atoms. The van der Waals surface area contributed by atoms with E-state index in [0.717, 1.165) is 5.56 Å². The predicted molar refractivity (Wildman–Crippen MR) is 116 cm³/mol. The van der Waals surface area contributed by atoms with E-state index >= 15 is 0 Å². The van der Waals surface area contributed by atoms with Crippen LogP contribution >= 0.6 is 0 Å². The number of hydrogen-bond donors (Lipinski definition) is 2. The number of hydrogen-bond acceptors (Lipinski definition) is 6. The molecule has 0 amide bonds. The summed E-state index contributed by atoms with van der Waals surface area (Å²) >= 11 is 0. The van der Waals surface area contributed by atoms with Crippen molar-refractivity contribution in [2.75, 3.05) is 12.3 Å². The third-order valence-electron chi connectivity index (χ3n) is 4.23. The topological polar surface area (TPSA) is 102 Å². The number of carbonyl (C=O) groups excluding carboxylic acids is 1. The summed E-state index contributed by atoms with van der Waals surface area (Å²) in [4.78, 5) is 11.6. The highest BCUT2D eigenvalue weighted by molar-refractivity contribution is 7.85. The average molecular weight is 436 g/mol. The molecule has 0 aliphatic rings. The van der Waals surface area contributed by atoms with Gasteiger partial charge in [-0.05, 0) is 57.5 Å². The molecule has 2 aromatic carbocycles. The molecule has 0 aliphatic carbocycles. The number of ether oxygens (including phenoxy) is 2. The van der Waals surface area contributed by atoms with E-state index in [0.29, 0.717) is 23.6 Å². The van der Waals surface area contributed by atoms with Crippen molar-refractivity contribution in [3.8, 4) is 17.2 Å². The molecule has 2 aromatic rings. The molecular formula is C22H29NO6S. The van der Waals surface area contributed by atoms with Crippen LogP contribution in [0, 0.1) is 6.92 Å². The van der Waals surface area contributed by atoms with E-state index in [-0.39, 0.29) is 11.3 Å². The number of esters is 1. The van der Waals surface area contributed by atoms with Gasteiger partial charge in [0.25, 0.3) is 10.1 Å². The Morgan fingerprint density at radius 1 is 1.10 bits per heavy atom. The van der Waals surface area contributed by atoms with Gasteiger partial charge in [-0.25, -0.2) is 0 Å². The molecule has 0 heterocycles. The van der Waals surface area contributed by atoms with Crippen molar-refractivity contribution in [3.05, 3.63) is 53.6 Å². The summed E-state index contributed by atoms with van der Waals surface area (Å²) in [6.45, 7) is 9.42. The molecule has 2 N–H and O–H groups in total. The van der Waals surface area contributed by atoms with E-state index in [1.807, 2.05) is 39.8 Å². The van der Waals surface area contributed by atoms with E-state index in [2.05, 4.69) is 5.32 Å². The monoisotopic (exact) mass is 435 g/mol. The number of rotatable bonds is 8. The van der Waals surface area contributed by atoms with Crippen LogP contribution in [0.5, 0.6) is 17.2 Å². The minimum absolute atomic E-state index is 0.177. The molecule has 7 nitrogen and oxygen atoms in total. The normalized spacial score (nSPS) is 13.0. The molecule has 0 aliphatic heterocycles. The van der Waals surface area contributed by atoms with Gasteiger partial charge in [0.1, 0.15) is 5.75 Å². The zero-order chi connectivity index (χ0) is 22.5. The SMILES string of the molecule is CC(=O)Oc1cc(C(CNC(C)(C)C)CS(=O)(=O)O)ccc1Oc1ccc(C)cc1. The second-order valence-electron chi connectivity index (χ2n) is 8.29. The van der Waals surface area contributed by atoms with Gasteiger partial charge in [-0.15, -0.1) is 0 Å². The summed E-state index contributed by atoms with van der Waals surface area (Å²) in [5.74, 6) is -0.468. The maximum absolute atomic E-state index is 11.6. The lowest BCUT2D eigenvalue weighted by atomic mass is 9.98. The summed E-state index contributed by atoms with van der Waals surface area (Å²) in [7, 11) is -4.22. The molecular weight excluding hydrogens is 406 g/mol. The Balaban J connectivity index is 2.39. The molecule has 0 fully saturated rings. The Hall–Kier alpha value is -2.42. The molecule has 2 rings (SSSR count). The highest BCUT2D eigenvalue weighted by Crippen LogP contribution is 2.35. The van der Waals surface area contributed by atoms with Crippen molar-refractivity contribution in [3.63, 3.8) is 0 Å². The van der Waals surface area contributed by atoms with Crippen LogP contribution in [0.1, 0.15) is 44.7 Å². The fourth-order valence-electron chi connectivity index (χ4n) is 2.79. The quantitative estimate of drug-likeness (QED) is 0.366. The lowest BCUT2D eigenvalue weighted by molar-refractivity contribution is -0.132. The third-order valence-corrected chi connectivity index (χ3v) is 5.06. The Bertz CT molecular complexity index is 978. The van der Waals surface area contributed by atoms with Gasteiger partial charge < -0.3 is 14.8 Å². The average Bonchev–Trinajstić information content (AvgIpc) is 2.60. The van der Waals surface area contributed by atoms with Crippen LogP contribution in [0.25, 0.3) is 0 Å². The third kappa shape index (κ3) is 8.14. The summed E-state index contributed by atoms with van der Waals surface area (Å²) in [5, 5.41) is 3.25. The molecule has 8 heteroatoms. The Kier molecular flexibility index (Phi) is 7.63. The van der Waals surface area contributed by atoms with Gasteiger partial charge in [-0.3, -0.25) is 9.35 Å². The van der Waals surface area contributed by atoms with Crippen LogP contribution in [0.15, 0.2) is 42.5 Å². The van der Waals surface area contributed by atoms with Crippen molar-refractivity contribution >= 4 is 16.1 Å². The van der Waals surface area contributed by atoms with E-state index in [1.165, 1.54) is 6.92 Å². The van der Waals surface area contributed by atoms with Crippen molar-refractivity contribution in [1.29, 1.82) is 0 Å². The van der Waals surface area contributed by atoms with Crippen molar-refractivity contribution < 1.29 is 27.2 Å². The maximum atomic E-state index is 11.6. The van der Waals surface area contributed by atoms with Gasteiger partial charge in [0.15, 0.2) is 11.5 Å². The lowest BCUT2D eigenvalue weighted by Gasteiger charge is -2.25. The van der Waals surface area contributed by atoms with Gasteiger partial charge in [0.05, 0.1) is 5.75 Å². The molecule has 0 radical (unpaired) electrons. The molecule has 0 saturated heterocycles. The first-order valence-electron chi connectivity index (χ1n) is 9.59. The van der Waals surface area contributed by atoms with Crippen LogP contribution in [0.2, 0.25) is 0 Å². The van der Waals surface area contributed by atoms with E-state index in [9.17, 15) is 17.8 Å². The zero-order valence-electron chi connectivity index (χ0n) is 17.9. The van der Waals surface area contributed by atoms with E-state index < -0.39 is 27.8 Å². The lowest BCUT2D eigenvalue weighted by Crippen LogP contribution is -2.39. The van der Waals surface area contributed by atoms with Gasteiger partial charge in [0, 0.05) is 24.9 Å². The Morgan fingerprint density at radius 2 is 1.73 bits per heavy atom. The van der Waals surface area contributed by atoms with Crippen molar-refractivity contribution in [1.82, 2.24) is 5.32 Å². The number of nitrogens with one attached hydrogen (secondary N) is 1. The first-order chi connectivity index (χ1) is 13.8. The van der Waals surface area contributed by atoms with Crippen molar-refractivity contribution in [2.45, 2.75) is 46.1 Å². The first-order valence-corrected chi connectivity index (χ1v) is 11.2. The summed E-state index contributed by atoms with van der Waals surface area (Å²) in [6.07, 6.45) is 0.